The minimum atomic E-state index is -3.49. The van der Waals surface area contributed by atoms with Crippen molar-refractivity contribution < 1.29 is 47.0 Å². The summed E-state index contributed by atoms with van der Waals surface area (Å²) >= 11 is 0. The lowest BCUT2D eigenvalue weighted by atomic mass is 9.90. The molecule has 1 aromatic rings. The zero-order chi connectivity index (χ0) is 32.8. The summed E-state index contributed by atoms with van der Waals surface area (Å²) in [5, 5.41) is 17.3. The Bertz CT molecular complexity index is 1200. The third-order valence-electron chi connectivity index (χ3n) is 5.94. The molecule has 15 heteroatoms. The SMILES string of the molecule is C[C@@H](O)[C@H](NC(=O)[C@](CCCCN)(NC(=O)OCCS(C)(=O)=O)C(=O)OC(C)(C)C)C(=O)N[C@H]([C]=O)Cc1ccccc1. The van der Waals surface area contributed by atoms with Crippen molar-refractivity contribution in [3.05, 3.63) is 35.9 Å². The first kappa shape index (κ1) is 37.5. The summed E-state index contributed by atoms with van der Waals surface area (Å²) in [6.45, 7) is 5.43. The van der Waals surface area contributed by atoms with Crippen LogP contribution < -0.4 is 21.7 Å². The lowest BCUT2D eigenvalue weighted by Crippen LogP contribution is -2.68. The van der Waals surface area contributed by atoms with E-state index >= 15 is 0 Å². The number of rotatable bonds is 17. The zero-order valence-corrected chi connectivity index (χ0v) is 26.0. The second-order valence-electron chi connectivity index (χ2n) is 11.1. The van der Waals surface area contributed by atoms with Gasteiger partial charge in [-0.05, 0) is 59.1 Å². The van der Waals surface area contributed by atoms with Crippen LogP contribution in [0.1, 0.15) is 52.5 Å². The van der Waals surface area contributed by atoms with E-state index < -0.39 is 75.4 Å². The summed E-state index contributed by atoms with van der Waals surface area (Å²) in [5.74, 6) is -3.87. The molecule has 0 saturated carbocycles. The van der Waals surface area contributed by atoms with Crippen LogP contribution in [0, 0.1) is 0 Å². The molecule has 0 unspecified atom stereocenters. The molecule has 43 heavy (non-hydrogen) atoms. The summed E-state index contributed by atoms with van der Waals surface area (Å²) in [4.78, 5) is 64.9. The zero-order valence-electron chi connectivity index (χ0n) is 25.2. The molecule has 241 valence electrons. The molecule has 0 bridgehead atoms. The Hall–Kier alpha value is -3.56. The van der Waals surface area contributed by atoms with Gasteiger partial charge in [-0.15, -0.1) is 0 Å². The van der Waals surface area contributed by atoms with Gasteiger partial charge in [-0.25, -0.2) is 18.0 Å². The largest absolute Gasteiger partial charge is 0.458 e. The first-order valence-corrected chi connectivity index (χ1v) is 15.8. The predicted molar refractivity (Wildman–Crippen MR) is 157 cm³/mol. The number of nitrogens with one attached hydrogen (secondary N) is 3. The van der Waals surface area contributed by atoms with Gasteiger partial charge in [-0.1, -0.05) is 30.3 Å². The number of carbonyl (C=O) groups is 4. The number of ether oxygens (including phenoxy) is 2. The molecule has 14 nitrogen and oxygen atoms in total. The molecule has 0 saturated heterocycles. The Morgan fingerprint density at radius 3 is 2.21 bits per heavy atom. The number of hydrogen-bond donors (Lipinski definition) is 5. The molecule has 0 aromatic heterocycles. The number of sulfone groups is 1. The topological polar surface area (TPSA) is 220 Å². The Kier molecular flexibility index (Phi) is 14.7. The fraction of sp³-hybridized carbons (Fsp3) is 0.607. The summed E-state index contributed by atoms with van der Waals surface area (Å²) < 4.78 is 33.3. The molecule has 1 rings (SSSR count). The van der Waals surface area contributed by atoms with Crippen LogP contribution >= 0.6 is 0 Å². The molecule has 0 heterocycles. The van der Waals surface area contributed by atoms with Crippen LogP contribution in [0.15, 0.2) is 30.3 Å². The van der Waals surface area contributed by atoms with Crippen molar-refractivity contribution in [2.75, 3.05) is 25.2 Å². The third kappa shape index (κ3) is 13.5. The minimum Gasteiger partial charge on any atom is -0.458 e. The number of carbonyl (C=O) groups excluding carboxylic acids is 5. The van der Waals surface area contributed by atoms with Gasteiger partial charge in [0.05, 0.1) is 17.9 Å². The average molecular weight is 628 g/mol. The van der Waals surface area contributed by atoms with Crippen molar-refractivity contribution >= 4 is 40.0 Å². The van der Waals surface area contributed by atoms with E-state index in [0.29, 0.717) is 6.42 Å². The van der Waals surface area contributed by atoms with Gasteiger partial charge in [0.2, 0.25) is 17.7 Å². The number of nitrogens with two attached hydrogens (primary N) is 1. The van der Waals surface area contributed by atoms with Crippen LogP contribution in [0.4, 0.5) is 4.79 Å². The Labute approximate surface area is 252 Å². The van der Waals surface area contributed by atoms with Crippen LogP contribution in [-0.4, -0.2) is 98.2 Å². The van der Waals surface area contributed by atoms with Crippen LogP contribution in [0.25, 0.3) is 0 Å². The molecule has 0 fully saturated rings. The Morgan fingerprint density at radius 1 is 1.07 bits per heavy atom. The maximum absolute atomic E-state index is 13.8. The lowest BCUT2D eigenvalue weighted by Gasteiger charge is -2.35. The van der Waals surface area contributed by atoms with Gasteiger partial charge < -0.3 is 30.9 Å². The van der Waals surface area contributed by atoms with Gasteiger partial charge in [-0.2, -0.15) is 0 Å². The number of hydrogen-bond acceptors (Lipinski definition) is 11. The van der Waals surface area contributed by atoms with E-state index in [2.05, 4.69) is 16.0 Å². The quantitative estimate of drug-likeness (QED) is 0.0855. The molecule has 3 amide bonds. The van der Waals surface area contributed by atoms with Crippen molar-refractivity contribution in [1.29, 1.82) is 0 Å². The van der Waals surface area contributed by atoms with Crippen molar-refractivity contribution in [3.63, 3.8) is 0 Å². The van der Waals surface area contributed by atoms with Gasteiger partial charge >= 0.3 is 12.1 Å². The second-order valence-corrected chi connectivity index (χ2v) is 13.4. The summed E-state index contributed by atoms with van der Waals surface area (Å²) in [7, 11) is -3.49. The van der Waals surface area contributed by atoms with E-state index in [-0.39, 0.29) is 25.8 Å². The van der Waals surface area contributed by atoms with Crippen molar-refractivity contribution in [1.82, 2.24) is 16.0 Å². The molecule has 1 radical (unpaired) electrons. The second kappa shape index (κ2) is 16.9. The van der Waals surface area contributed by atoms with Gasteiger partial charge in [0, 0.05) is 12.7 Å². The van der Waals surface area contributed by atoms with Crippen LogP contribution in [0.2, 0.25) is 0 Å². The number of alkyl carbamates (subject to hydrolysis) is 1. The molecule has 0 aliphatic heterocycles. The van der Waals surface area contributed by atoms with Gasteiger partial charge in [0.15, 0.2) is 9.84 Å². The van der Waals surface area contributed by atoms with E-state index in [0.717, 1.165) is 11.8 Å². The van der Waals surface area contributed by atoms with E-state index in [1.54, 1.807) is 36.6 Å². The monoisotopic (exact) mass is 627 g/mol. The standard InChI is InChI=1S/C28H43N4O10S/c1-19(34)22(23(35)30-21(18-33)17-20-11-7-6-8-12-20)31-24(36)28(13-9-10-14-29,25(37)42-27(2,3)4)32-26(38)41-15-16-43(5,39)40/h6-8,11-12,19,21-22,34H,9-10,13-17,29H2,1-5H3,(H,30,35)(H,31,36)(H,32,38)/t19-,21+,22+,28+/m1/s1. The van der Waals surface area contributed by atoms with E-state index in [4.69, 9.17) is 15.2 Å². The predicted octanol–water partition coefficient (Wildman–Crippen LogP) is -0.330. The number of unbranched alkanes of at least 4 members (excludes halogenated alkanes) is 1. The summed E-state index contributed by atoms with van der Waals surface area (Å²) in [6.07, 6.45) is 0.0397. The first-order valence-electron chi connectivity index (χ1n) is 13.7. The van der Waals surface area contributed by atoms with E-state index in [9.17, 15) is 37.5 Å². The molecular formula is C28H43N4O10S. The molecule has 1 aromatic carbocycles. The number of esters is 1. The highest BCUT2D eigenvalue weighted by Crippen LogP contribution is 2.22. The minimum absolute atomic E-state index is 0.0817. The molecule has 6 N–H and O–H groups in total. The Balaban J connectivity index is 3.37. The summed E-state index contributed by atoms with van der Waals surface area (Å²) in [6, 6.07) is 5.94. The number of amides is 3. The smallest absolute Gasteiger partial charge is 0.408 e. The average Bonchev–Trinajstić information content (AvgIpc) is 2.89. The number of aliphatic hydroxyl groups excluding tert-OH is 1. The van der Waals surface area contributed by atoms with Gasteiger partial charge in [0.1, 0.15) is 18.2 Å². The first-order chi connectivity index (χ1) is 19.9. The van der Waals surface area contributed by atoms with E-state index in [1.807, 2.05) is 0 Å². The number of benzene rings is 1. The van der Waals surface area contributed by atoms with Crippen molar-refractivity contribution in [2.24, 2.45) is 5.73 Å². The number of aliphatic hydroxyl groups is 1. The third-order valence-corrected chi connectivity index (χ3v) is 6.84. The van der Waals surface area contributed by atoms with Gasteiger partial charge in [0.25, 0.3) is 5.91 Å². The molecule has 0 aliphatic carbocycles. The fourth-order valence-corrected chi connectivity index (χ4v) is 4.16. The highest BCUT2D eigenvalue weighted by Gasteiger charge is 2.51. The summed E-state index contributed by atoms with van der Waals surface area (Å²) in [5.41, 5.74) is 2.71. The van der Waals surface area contributed by atoms with Crippen LogP contribution in [0.5, 0.6) is 0 Å². The van der Waals surface area contributed by atoms with Crippen molar-refractivity contribution in [2.45, 2.75) is 82.7 Å². The normalized spacial score (nSPS) is 15.1. The lowest BCUT2D eigenvalue weighted by molar-refractivity contribution is -0.167. The molecule has 0 spiro atoms. The maximum Gasteiger partial charge on any atom is 0.408 e. The fourth-order valence-electron chi connectivity index (χ4n) is 3.78. The highest BCUT2D eigenvalue weighted by atomic mass is 32.2. The van der Waals surface area contributed by atoms with E-state index in [1.165, 1.54) is 27.7 Å². The molecule has 4 atom stereocenters. The maximum atomic E-state index is 13.8. The van der Waals surface area contributed by atoms with Crippen molar-refractivity contribution in [3.8, 4) is 0 Å². The van der Waals surface area contributed by atoms with Gasteiger partial charge in [-0.3, -0.25) is 19.7 Å². The molecular weight excluding hydrogens is 584 g/mol. The van der Waals surface area contributed by atoms with Crippen LogP contribution in [-0.2, 0) is 44.9 Å². The Morgan fingerprint density at radius 2 is 1.70 bits per heavy atom. The van der Waals surface area contributed by atoms with Crippen LogP contribution in [0.3, 0.4) is 0 Å². The highest BCUT2D eigenvalue weighted by molar-refractivity contribution is 7.90. The molecule has 0 aliphatic rings.